The SMILES string of the molecule is O=C(NCCCCCCNC(=O)c1ccc(C2=NCCN2)cc1)c1ccc(C2=NCCN2)cc1. The van der Waals surface area contributed by atoms with Gasteiger partial charge in [0.15, 0.2) is 0 Å². The lowest BCUT2D eigenvalue weighted by Crippen LogP contribution is -2.25. The van der Waals surface area contributed by atoms with Gasteiger partial charge in [-0.05, 0) is 37.1 Å². The predicted octanol–water partition coefficient (Wildman–Crippen LogP) is 2.11. The Morgan fingerprint density at radius 1 is 0.647 bits per heavy atom. The van der Waals surface area contributed by atoms with Crippen LogP contribution in [0.5, 0.6) is 0 Å². The third kappa shape index (κ3) is 6.43. The third-order valence-corrected chi connectivity index (χ3v) is 5.86. The number of carbonyl (C=O) groups is 2. The van der Waals surface area contributed by atoms with E-state index in [0.29, 0.717) is 24.2 Å². The molecule has 0 atom stereocenters. The van der Waals surface area contributed by atoms with E-state index in [1.807, 2.05) is 48.5 Å². The van der Waals surface area contributed by atoms with Crippen LogP contribution >= 0.6 is 0 Å². The number of hydrogen-bond donors (Lipinski definition) is 4. The topological polar surface area (TPSA) is 107 Å². The van der Waals surface area contributed by atoms with Crippen LogP contribution in [0.15, 0.2) is 58.5 Å². The maximum Gasteiger partial charge on any atom is 0.251 e. The van der Waals surface area contributed by atoms with Gasteiger partial charge in [0.2, 0.25) is 0 Å². The number of aliphatic imine (C=N–C) groups is 2. The molecule has 2 amide bonds. The average Bonchev–Trinajstić information content (AvgIpc) is 3.60. The highest BCUT2D eigenvalue weighted by atomic mass is 16.2. The molecule has 8 nitrogen and oxygen atoms in total. The first-order valence-corrected chi connectivity index (χ1v) is 12.0. The zero-order valence-corrected chi connectivity index (χ0v) is 19.4. The molecule has 2 heterocycles. The monoisotopic (exact) mass is 460 g/mol. The third-order valence-electron chi connectivity index (χ3n) is 5.86. The van der Waals surface area contributed by atoms with E-state index in [0.717, 1.165) is 74.7 Å². The highest BCUT2D eigenvalue weighted by Gasteiger charge is 2.11. The van der Waals surface area contributed by atoms with Gasteiger partial charge >= 0.3 is 0 Å². The van der Waals surface area contributed by atoms with Crippen molar-refractivity contribution < 1.29 is 9.59 Å². The smallest absolute Gasteiger partial charge is 0.251 e. The van der Waals surface area contributed by atoms with E-state index in [1.54, 1.807) is 0 Å². The van der Waals surface area contributed by atoms with Crippen LogP contribution in [0, 0.1) is 0 Å². The van der Waals surface area contributed by atoms with Gasteiger partial charge < -0.3 is 21.3 Å². The van der Waals surface area contributed by atoms with Gasteiger partial charge in [0.1, 0.15) is 11.7 Å². The summed E-state index contributed by atoms with van der Waals surface area (Å²) in [6.07, 6.45) is 3.84. The molecule has 0 aromatic heterocycles. The van der Waals surface area contributed by atoms with E-state index in [-0.39, 0.29) is 11.8 Å². The summed E-state index contributed by atoms with van der Waals surface area (Å²) in [4.78, 5) is 33.4. The quantitative estimate of drug-likeness (QED) is 0.385. The van der Waals surface area contributed by atoms with Crippen LogP contribution < -0.4 is 21.3 Å². The van der Waals surface area contributed by atoms with E-state index in [9.17, 15) is 9.59 Å². The molecule has 4 N–H and O–H groups in total. The second-order valence-corrected chi connectivity index (χ2v) is 8.39. The van der Waals surface area contributed by atoms with Gasteiger partial charge in [-0.3, -0.25) is 19.6 Å². The lowest BCUT2D eigenvalue weighted by Gasteiger charge is -2.08. The summed E-state index contributed by atoms with van der Waals surface area (Å²) in [5.74, 6) is 1.69. The number of nitrogens with one attached hydrogen (secondary N) is 4. The maximum atomic E-state index is 12.3. The molecule has 0 fully saturated rings. The first kappa shape index (κ1) is 23.5. The molecular weight excluding hydrogens is 428 g/mol. The highest BCUT2D eigenvalue weighted by molar-refractivity contribution is 6.02. The van der Waals surface area contributed by atoms with Gasteiger partial charge in [-0.2, -0.15) is 0 Å². The summed E-state index contributed by atoms with van der Waals surface area (Å²) >= 11 is 0. The maximum absolute atomic E-state index is 12.3. The summed E-state index contributed by atoms with van der Waals surface area (Å²) in [7, 11) is 0. The molecule has 0 unspecified atom stereocenters. The molecule has 0 saturated heterocycles. The van der Waals surface area contributed by atoms with Crippen molar-refractivity contribution in [3.05, 3.63) is 70.8 Å². The van der Waals surface area contributed by atoms with Crippen LogP contribution in [0.4, 0.5) is 0 Å². The minimum atomic E-state index is -0.0538. The Balaban J connectivity index is 1.06. The number of rotatable bonds is 11. The molecule has 2 aromatic carbocycles. The minimum Gasteiger partial charge on any atom is -0.368 e. The Kier molecular flexibility index (Phi) is 8.27. The summed E-state index contributed by atoms with van der Waals surface area (Å²) in [6.45, 7) is 4.62. The van der Waals surface area contributed by atoms with Crippen LogP contribution in [0.25, 0.3) is 0 Å². The fraction of sp³-hybridized carbons (Fsp3) is 0.385. The van der Waals surface area contributed by atoms with Crippen molar-refractivity contribution in [3.8, 4) is 0 Å². The largest absolute Gasteiger partial charge is 0.368 e. The zero-order valence-electron chi connectivity index (χ0n) is 19.4. The number of benzene rings is 2. The number of carbonyl (C=O) groups excluding carboxylic acids is 2. The fourth-order valence-corrected chi connectivity index (χ4v) is 3.95. The van der Waals surface area contributed by atoms with Crippen molar-refractivity contribution in [1.82, 2.24) is 21.3 Å². The lowest BCUT2D eigenvalue weighted by molar-refractivity contribution is 0.0943. The number of unbranched alkanes of at least 4 members (excludes halogenated alkanes) is 3. The van der Waals surface area contributed by atoms with Gasteiger partial charge in [-0.15, -0.1) is 0 Å². The fourth-order valence-electron chi connectivity index (χ4n) is 3.95. The molecule has 178 valence electrons. The molecule has 2 aliphatic heterocycles. The second-order valence-electron chi connectivity index (χ2n) is 8.39. The highest BCUT2D eigenvalue weighted by Crippen LogP contribution is 2.08. The van der Waals surface area contributed by atoms with Gasteiger partial charge in [0.25, 0.3) is 11.8 Å². The minimum absolute atomic E-state index is 0.0538. The molecule has 0 saturated carbocycles. The molecule has 0 spiro atoms. The average molecular weight is 461 g/mol. The standard InChI is InChI=1S/C26H32N6O2/c33-25(21-9-5-19(6-10-21)23-27-15-16-28-23)31-13-3-1-2-4-14-32-26(34)22-11-7-20(8-12-22)24-29-17-18-30-24/h5-12H,1-4,13-18H2,(H,27,28)(H,29,30)(H,31,33)(H,32,34). The van der Waals surface area contributed by atoms with Crippen LogP contribution in [0.1, 0.15) is 57.5 Å². The van der Waals surface area contributed by atoms with Gasteiger partial charge in [-0.25, -0.2) is 0 Å². The first-order chi connectivity index (χ1) is 16.7. The lowest BCUT2D eigenvalue weighted by atomic mass is 10.1. The van der Waals surface area contributed by atoms with Crippen molar-refractivity contribution in [2.75, 3.05) is 39.3 Å². The molecule has 4 rings (SSSR count). The predicted molar refractivity (Wildman–Crippen MR) is 135 cm³/mol. The van der Waals surface area contributed by atoms with Gasteiger partial charge in [0.05, 0.1) is 13.1 Å². The van der Waals surface area contributed by atoms with Crippen LogP contribution in [0.2, 0.25) is 0 Å². The molecule has 0 radical (unpaired) electrons. The van der Waals surface area contributed by atoms with Gasteiger partial charge in [-0.1, -0.05) is 37.1 Å². The van der Waals surface area contributed by atoms with Crippen molar-refractivity contribution in [2.45, 2.75) is 25.7 Å². The summed E-state index contributed by atoms with van der Waals surface area (Å²) in [5.41, 5.74) is 3.33. The van der Waals surface area contributed by atoms with Crippen LogP contribution in [0.3, 0.4) is 0 Å². The zero-order chi connectivity index (χ0) is 23.6. The van der Waals surface area contributed by atoms with Crippen molar-refractivity contribution in [2.24, 2.45) is 9.98 Å². The van der Waals surface area contributed by atoms with E-state index in [4.69, 9.17) is 0 Å². The first-order valence-electron chi connectivity index (χ1n) is 12.0. The Labute approximate surface area is 200 Å². The van der Waals surface area contributed by atoms with Crippen molar-refractivity contribution in [3.63, 3.8) is 0 Å². The van der Waals surface area contributed by atoms with Crippen LogP contribution in [-0.4, -0.2) is 62.8 Å². The van der Waals surface area contributed by atoms with E-state index >= 15 is 0 Å². The van der Waals surface area contributed by atoms with Crippen LogP contribution in [-0.2, 0) is 0 Å². The number of hydrogen-bond acceptors (Lipinski definition) is 6. The Morgan fingerprint density at radius 2 is 1.06 bits per heavy atom. The molecular formula is C26H32N6O2. The molecule has 2 aromatic rings. The molecule has 2 aliphatic rings. The molecule has 34 heavy (non-hydrogen) atoms. The van der Waals surface area contributed by atoms with Crippen molar-refractivity contribution >= 4 is 23.5 Å². The summed E-state index contributed by atoms with van der Waals surface area (Å²) in [6, 6.07) is 15.1. The normalized spacial score (nSPS) is 14.6. The number of nitrogens with zero attached hydrogens (tertiary/aromatic N) is 2. The summed E-state index contributed by atoms with van der Waals surface area (Å²) < 4.78 is 0. The molecule has 0 aliphatic carbocycles. The number of amidine groups is 2. The van der Waals surface area contributed by atoms with E-state index < -0.39 is 0 Å². The number of amides is 2. The van der Waals surface area contributed by atoms with E-state index in [1.165, 1.54) is 0 Å². The Bertz CT molecular complexity index is 958. The summed E-state index contributed by atoms with van der Waals surface area (Å²) in [5, 5.41) is 12.4. The molecule has 8 heteroatoms. The Morgan fingerprint density at radius 3 is 1.41 bits per heavy atom. The van der Waals surface area contributed by atoms with Gasteiger partial charge in [0, 0.05) is 48.4 Å². The Hall–Kier alpha value is -3.68. The second kappa shape index (κ2) is 12.0. The molecule has 0 bridgehead atoms. The van der Waals surface area contributed by atoms with Crippen molar-refractivity contribution in [1.29, 1.82) is 0 Å². The van der Waals surface area contributed by atoms with E-state index in [2.05, 4.69) is 31.3 Å².